The molecule has 5 heteroatoms. The number of carboxylic acids is 1. The molecule has 0 aliphatic carbocycles. The lowest BCUT2D eigenvalue weighted by molar-refractivity contribution is -0.139. The van der Waals surface area contributed by atoms with Gasteiger partial charge in [-0.1, -0.05) is 43.7 Å². The quantitative estimate of drug-likeness (QED) is 0.811. The third-order valence-electron chi connectivity index (χ3n) is 3.57. The molecular formula is C16H24N2O3. The van der Waals surface area contributed by atoms with E-state index in [0.29, 0.717) is 0 Å². The molecule has 2 atom stereocenters. The minimum absolute atomic E-state index is 0.0844. The van der Waals surface area contributed by atoms with Gasteiger partial charge in [0.2, 0.25) is 0 Å². The highest BCUT2D eigenvalue weighted by Crippen LogP contribution is 2.07. The molecule has 2 amide bonds. The van der Waals surface area contributed by atoms with Crippen molar-refractivity contribution in [3.63, 3.8) is 0 Å². The SMILES string of the molecule is CCCC(C)N(C)C(=O)N[C@@H](Cc1ccccc1)C(=O)O. The van der Waals surface area contributed by atoms with E-state index in [-0.39, 0.29) is 18.5 Å². The van der Waals surface area contributed by atoms with E-state index in [2.05, 4.69) is 12.2 Å². The Labute approximate surface area is 126 Å². The maximum Gasteiger partial charge on any atom is 0.326 e. The minimum Gasteiger partial charge on any atom is -0.480 e. The third-order valence-corrected chi connectivity index (χ3v) is 3.57. The summed E-state index contributed by atoms with van der Waals surface area (Å²) >= 11 is 0. The summed E-state index contributed by atoms with van der Waals surface area (Å²) in [7, 11) is 1.69. The maximum atomic E-state index is 12.1. The Morgan fingerprint density at radius 3 is 2.43 bits per heavy atom. The van der Waals surface area contributed by atoms with Crippen LogP contribution >= 0.6 is 0 Å². The number of hydrogen-bond acceptors (Lipinski definition) is 2. The van der Waals surface area contributed by atoms with Crippen LogP contribution in [0, 0.1) is 0 Å². The van der Waals surface area contributed by atoms with Crippen LogP contribution < -0.4 is 5.32 Å². The lowest BCUT2D eigenvalue weighted by atomic mass is 10.1. The van der Waals surface area contributed by atoms with Gasteiger partial charge in [-0.05, 0) is 18.9 Å². The molecule has 1 aromatic rings. The molecule has 2 N–H and O–H groups in total. The van der Waals surface area contributed by atoms with Gasteiger partial charge in [0.1, 0.15) is 6.04 Å². The van der Waals surface area contributed by atoms with Crippen LogP contribution in [-0.4, -0.2) is 41.1 Å². The van der Waals surface area contributed by atoms with E-state index in [9.17, 15) is 14.7 Å². The van der Waals surface area contributed by atoms with Crippen LogP contribution in [0.4, 0.5) is 4.79 Å². The summed E-state index contributed by atoms with van der Waals surface area (Å²) in [4.78, 5) is 25.0. The second kappa shape index (κ2) is 8.29. The first-order chi connectivity index (χ1) is 9.95. The predicted molar refractivity (Wildman–Crippen MR) is 82.2 cm³/mol. The van der Waals surface area contributed by atoms with Crippen LogP contribution in [0.1, 0.15) is 32.3 Å². The zero-order valence-corrected chi connectivity index (χ0v) is 12.9. The third kappa shape index (κ3) is 5.45. The van der Waals surface area contributed by atoms with E-state index in [1.54, 1.807) is 11.9 Å². The molecule has 0 aliphatic heterocycles. The number of carboxylic acid groups (broad SMARTS) is 1. The fourth-order valence-corrected chi connectivity index (χ4v) is 2.11. The molecule has 1 rings (SSSR count). The summed E-state index contributed by atoms with van der Waals surface area (Å²) in [6.07, 6.45) is 2.14. The second-order valence-electron chi connectivity index (χ2n) is 5.28. The van der Waals surface area contributed by atoms with E-state index in [1.165, 1.54) is 0 Å². The summed E-state index contributed by atoms with van der Waals surface area (Å²) in [5.74, 6) is -1.02. The van der Waals surface area contributed by atoms with E-state index >= 15 is 0 Å². The van der Waals surface area contributed by atoms with Crippen molar-refractivity contribution in [2.24, 2.45) is 0 Å². The zero-order chi connectivity index (χ0) is 15.8. The van der Waals surface area contributed by atoms with Gasteiger partial charge in [-0.15, -0.1) is 0 Å². The van der Waals surface area contributed by atoms with Crippen molar-refractivity contribution in [2.45, 2.75) is 45.2 Å². The average molecular weight is 292 g/mol. The number of nitrogens with zero attached hydrogens (tertiary/aromatic N) is 1. The van der Waals surface area contributed by atoms with Crippen molar-refractivity contribution in [1.29, 1.82) is 0 Å². The van der Waals surface area contributed by atoms with Crippen molar-refractivity contribution in [2.75, 3.05) is 7.05 Å². The largest absolute Gasteiger partial charge is 0.480 e. The summed E-state index contributed by atoms with van der Waals surface area (Å²) < 4.78 is 0. The first-order valence-electron chi connectivity index (χ1n) is 7.25. The first-order valence-corrected chi connectivity index (χ1v) is 7.25. The fraction of sp³-hybridized carbons (Fsp3) is 0.500. The van der Waals surface area contributed by atoms with Gasteiger partial charge in [-0.25, -0.2) is 9.59 Å². The van der Waals surface area contributed by atoms with E-state index in [0.717, 1.165) is 18.4 Å². The van der Waals surface area contributed by atoms with Crippen LogP contribution in [0.25, 0.3) is 0 Å². The summed E-state index contributed by atoms with van der Waals surface area (Å²) in [6.45, 7) is 4.01. The van der Waals surface area contributed by atoms with Gasteiger partial charge >= 0.3 is 12.0 Å². The predicted octanol–water partition coefficient (Wildman–Crippen LogP) is 2.51. The summed E-state index contributed by atoms with van der Waals surface area (Å²) in [5.41, 5.74) is 0.884. The summed E-state index contributed by atoms with van der Waals surface area (Å²) in [6, 6.07) is 8.10. The molecule has 5 nitrogen and oxygen atoms in total. The molecular weight excluding hydrogens is 268 g/mol. The minimum atomic E-state index is -1.02. The van der Waals surface area contributed by atoms with Gasteiger partial charge in [0, 0.05) is 19.5 Å². The molecule has 0 aliphatic rings. The van der Waals surface area contributed by atoms with Crippen molar-refractivity contribution < 1.29 is 14.7 Å². The number of aliphatic carboxylic acids is 1. The second-order valence-corrected chi connectivity index (χ2v) is 5.28. The highest BCUT2D eigenvalue weighted by atomic mass is 16.4. The van der Waals surface area contributed by atoms with Crippen LogP contribution in [0.15, 0.2) is 30.3 Å². The molecule has 0 heterocycles. The van der Waals surface area contributed by atoms with Gasteiger partial charge in [0.15, 0.2) is 0 Å². The van der Waals surface area contributed by atoms with Crippen molar-refractivity contribution in [1.82, 2.24) is 10.2 Å². The van der Waals surface area contributed by atoms with Crippen LogP contribution in [-0.2, 0) is 11.2 Å². The van der Waals surface area contributed by atoms with E-state index in [1.807, 2.05) is 37.3 Å². The number of nitrogens with one attached hydrogen (secondary N) is 1. The molecule has 1 unspecified atom stereocenters. The number of hydrogen-bond donors (Lipinski definition) is 2. The molecule has 0 aromatic heterocycles. The standard InChI is InChI=1S/C16H24N2O3/c1-4-8-12(2)18(3)16(21)17-14(15(19)20)11-13-9-6-5-7-10-13/h5-7,9-10,12,14H,4,8,11H2,1-3H3,(H,17,21)(H,19,20)/t12?,14-/m0/s1. The Balaban J connectivity index is 2.66. The molecule has 0 bridgehead atoms. The Morgan fingerprint density at radius 2 is 1.90 bits per heavy atom. The van der Waals surface area contributed by atoms with Gasteiger partial charge < -0.3 is 15.3 Å². The van der Waals surface area contributed by atoms with Crippen LogP contribution in [0.5, 0.6) is 0 Å². The van der Waals surface area contributed by atoms with Crippen LogP contribution in [0.2, 0.25) is 0 Å². The summed E-state index contributed by atoms with van der Waals surface area (Å²) in [5, 5.41) is 11.9. The molecule has 0 radical (unpaired) electrons. The molecule has 0 spiro atoms. The highest BCUT2D eigenvalue weighted by molar-refractivity contribution is 5.82. The number of carbonyl (C=O) groups excluding carboxylic acids is 1. The Bertz CT molecular complexity index is 462. The van der Waals surface area contributed by atoms with Crippen LogP contribution in [0.3, 0.4) is 0 Å². The normalized spacial score (nSPS) is 13.3. The number of rotatable bonds is 7. The number of urea groups is 1. The fourth-order valence-electron chi connectivity index (χ4n) is 2.11. The maximum absolute atomic E-state index is 12.1. The number of carbonyl (C=O) groups is 2. The average Bonchev–Trinajstić information content (AvgIpc) is 2.46. The smallest absolute Gasteiger partial charge is 0.326 e. The molecule has 21 heavy (non-hydrogen) atoms. The zero-order valence-electron chi connectivity index (χ0n) is 12.9. The van der Waals surface area contributed by atoms with E-state index < -0.39 is 12.0 Å². The lowest BCUT2D eigenvalue weighted by Gasteiger charge is -2.26. The Hall–Kier alpha value is -2.04. The van der Waals surface area contributed by atoms with E-state index in [4.69, 9.17) is 0 Å². The van der Waals surface area contributed by atoms with Crippen molar-refractivity contribution in [3.05, 3.63) is 35.9 Å². The van der Waals surface area contributed by atoms with Crippen molar-refractivity contribution in [3.8, 4) is 0 Å². The Morgan fingerprint density at radius 1 is 1.29 bits per heavy atom. The molecule has 0 fully saturated rings. The molecule has 0 saturated heterocycles. The number of amides is 2. The molecule has 0 saturated carbocycles. The topological polar surface area (TPSA) is 69.6 Å². The highest BCUT2D eigenvalue weighted by Gasteiger charge is 2.23. The van der Waals surface area contributed by atoms with Gasteiger partial charge in [-0.2, -0.15) is 0 Å². The van der Waals surface area contributed by atoms with Gasteiger partial charge in [0.25, 0.3) is 0 Å². The molecule has 116 valence electrons. The Kier molecular flexibility index (Phi) is 6.72. The lowest BCUT2D eigenvalue weighted by Crippen LogP contribution is -2.50. The monoisotopic (exact) mass is 292 g/mol. The van der Waals surface area contributed by atoms with Gasteiger partial charge in [0.05, 0.1) is 0 Å². The number of benzene rings is 1. The molecule has 1 aromatic carbocycles. The first kappa shape index (κ1) is 17.0. The van der Waals surface area contributed by atoms with Crippen molar-refractivity contribution >= 4 is 12.0 Å². The van der Waals surface area contributed by atoms with Gasteiger partial charge in [-0.3, -0.25) is 0 Å².